The van der Waals surface area contributed by atoms with E-state index in [0.717, 1.165) is 17.7 Å². The maximum Gasteiger partial charge on any atom is 0.179 e. The van der Waals surface area contributed by atoms with E-state index in [1.54, 1.807) is 6.07 Å². The van der Waals surface area contributed by atoms with E-state index in [-0.39, 0.29) is 5.75 Å². The summed E-state index contributed by atoms with van der Waals surface area (Å²) in [5, 5.41) is 3.03. The number of hydrogen-bond acceptors (Lipinski definition) is 3. The molecule has 0 saturated carbocycles. The van der Waals surface area contributed by atoms with Gasteiger partial charge in [-0.2, -0.15) is 0 Å². The Morgan fingerprint density at radius 3 is 2.50 bits per heavy atom. The fourth-order valence-electron chi connectivity index (χ4n) is 1.64. The smallest absolute Gasteiger partial charge is 0.179 e. The minimum absolute atomic E-state index is 0.157. The first-order valence-electron chi connectivity index (χ1n) is 5.48. The maximum absolute atomic E-state index is 12.0. The van der Waals surface area contributed by atoms with Crippen LogP contribution in [0.3, 0.4) is 0 Å². The maximum atomic E-state index is 12.0. The molecule has 1 rings (SSSR count). The molecule has 0 aliphatic heterocycles. The lowest BCUT2D eigenvalue weighted by Crippen LogP contribution is -2.23. The van der Waals surface area contributed by atoms with Gasteiger partial charge in [0.2, 0.25) is 0 Å². The molecule has 0 heterocycles. The predicted octanol–water partition coefficient (Wildman–Crippen LogP) is 1.69. The predicted molar refractivity (Wildman–Crippen MR) is 66.5 cm³/mol. The van der Waals surface area contributed by atoms with E-state index < -0.39 is 9.84 Å². The molecule has 0 amide bonds. The molecular formula is C12H19NO2S. The van der Waals surface area contributed by atoms with Gasteiger partial charge in [0, 0.05) is 6.54 Å². The first-order chi connectivity index (χ1) is 7.47. The molecule has 90 valence electrons. The lowest BCUT2D eigenvalue weighted by Gasteiger charge is -2.08. The van der Waals surface area contributed by atoms with Gasteiger partial charge in [-0.25, -0.2) is 8.42 Å². The van der Waals surface area contributed by atoms with E-state index in [4.69, 9.17) is 0 Å². The second kappa shape index (κ2) is 5.46. The van der Waals surface area contributed by atoms with Crippen LogP contribution in [-0.2, 0) is 9.84 Å². The highest BCUT2D eigenvalue weighted by Gasteiger charge is 2.15. The van der Waals surface area contributed by atoms with Crippen LogP contribution in [0.15, 0.2) is 23.1 Å². The van der Waals surface area contributed by atoms with Crippen LogP contribution < -0.4 is 5.32 Å². The standard InChI is InChI=1S/C12H19NO2S/c1-4-13-7-8-16(14,15)12-6-5-10(2)9-11(12)3/h5-6,9,13H,4,7-8H2,1-3H3. The Kier molecular flexibility index (Phi) is 4.50. The Morgan fingerprint density at radius 1 is 1.25 bits per heavy atom. The molecule has 0 aromatic heterocycles. The topological polar surface area (TPSA) is 46.2 Å². The zero-order valence-electron chi connectivity index (χ0n) is 10.1. The van der Waals surface area contributed by atoms with Gasteiger partial charge in [-0.05, 0) is 32.0 Å². The average molecular weight is 241 g/mol. The summed E-state index contributed by atoms with van der Waals surface area (Å²) in [6.45, 7) is 7.06. The van der Waals surface area contributed by atoms with Gasteiger partial charge < -0.3 is 5.32 Å². The van der Waals surface area contributed by atoms with Crippen molar-refractivity contribution >= 4 is 9.84 Å². The number of aryl methyl sites for hydroxylation is 2. The van der Waals surface area contributed by atoms with Crippen LogP contribution in [0, 0.1) is 13.8 Å². The summed E-state index contributed by atoms with van der Waals surface area (Å²) in [5.41, 5.74) is 1.92. The SMILES string of the molecule is CCNCCS(=O)(=O)c1ccc(C)cc1C. The number of benzene rings is 1. The van der Waals surface area contributed by atoms with Crippen LogP contribution in [0.25, 0.3) is 0 Å². The zero-order valence-corrected chi connectivity index (χ0v) is 10.9. The molecule has 0 aliphatic rings. The van der Waals surface area contributed by atoms with Crippen molar-refractivity contribution in [3.63, 3.8) is 0 Å². The van der Waals surface area contributed by atoms with Crippen LogP contribution in [0.1, 0.15) is 18.1 Å². The Morgan fingerprint density at radius 2 is 1.94 bits per heavy atom. The average Bonchev–Trinajstić information content (AvgIpc) is 2.17. The first-order valence-corrected chi connectivity index (χ1v) is 7.13. The third-order valence-corrected chi connectivity index (χ3v) is 4.33. The van der Waals surface area contributed by atoms with Gasteiger partial charge in [-0.3, -0.25) is 0 Å². The Balaban J connectivity index is 2.90. The monoisotopic (exact) mass is 241 g/mol. The number of hydrogen-bond donors (Lipinski definition) is 1. The second-order valence-electron chi connectivity index (χ2n) is 3.94. The van der Waals surface area contributed by atoms with Gasteiger partial charge in [0.05, 0.1) is 10.6 Å². The van der Waals surface area contributed by atoms with Crippen LogP contribution in [0.5, 0.6) is 0 Å². The summed E-state index contributed by atoms with van der Waals surface area (Å²) in [6.07, 6.45) is 0. The van der Waals surface area contributed by atoms with Gasteiger partial charge in [0.25, 0.3) is 0 Å². The fraction of sp³-hybridized carbons (Fsp3) is 0.500. The molecule has 0 unspecified atom stereocenters. The third kappa shape index (κ3) is 3.32. The van der Waals surface area contributed by atoms with E-state index in [2.05, 4.69) is 5.32 Å². The highest BCUT2D eigenvalue weighted by molar-refractivity contribution is 7.91. The molecule has 0 atom stereocenters. The molecule has 1 N–H and O–H groups in total. The number of nitrogens with one attached hydrogen (secondary N) is 1. The normalized spacial score (nSPS) is 11.7. The van der Waals surface area contributed by atoms with Crippen molar-refractivity contribution in [2.75, 3.05) is 18.8 Å². The summed E-state index contributed by atoms with van der Waals surface area (Å²) >= 11 is 0. The zero-order chi connectivity index (χ0) is 12.2. The van der Waals surface area contributed by atoms with E-state index in [1.807, 2.05) is 32.9 Å². The molecule has 0 bridgehead atoms. The van der Waals surface area contributed by atoms with Crippen molar-refractivity contribution in [3.8, 4) is 0 Å². The molecule has 1 aromatic carbocycles. The Labute approximate surface area is 97.8 Å². The highest BCUT2D eigenvalue weighted by atomic mass is 32.2. The lowest BCUT2D eigenvalue weighted by atomic mass is 10.2. The molecule has 0 aliphatic carbocycles. The molecule has 0 spiro atoms. The van der Waals surface area contributed by atoms with Gasteiger partial charge in [0.1, 0.15) is 0 Å². The van der Waals surface area contributed by atoms with Crippen LogP contribution in [0.4, 0.5) is 0 Å². The second-order valence-corrected chi connectivity index (χ2v) is 6.02. The van der Waals surface area contributed by atoms with Gasteiger partial charge in [0.15, 0.2) is 9.84 Å². The molecular weight excluding hydrogens is 222 g/mol. The Bertz CT molecular complexity index is 452. The van der Waals surface area contributed by atoms with Crippen LogP contribution in [0.2, 0.25) is 0 Å². The third-order valence-electron chi connectivity index (χ3n) is 2.46. The summed E-state index contributed by atoms with van der Waals surface area (Å²) < 4.78 is 24.0. The van der Waals surface area contributed by atoms with Crippen molar-refractivity contribution in [2.45, 2.75) is 25.7 Å². The first kappa shape index (κ1) is 13.2. The molecule has 4 heteroatoms. The molecule has 3 nitrogen and oxygen atoms in total. The summed E-state index contributed by atoms with van der Waals surface area (Å²) in [5.74, 6) is 0.157. The minimum Gasteiger partial charge on any atom is -0.316 e. The van der Waals surface area contributed by atoms with E-state index >= 15 is 0 Å². The molecule has 16 heavy (non-hydrogen) atoms. The number of sulfone groups is 1. The van der Waals surface area contributed by atoms with E-state index in [9.17, 15) is 8.42 Å². The quantitative estimate of drug-likeness (QED) is 0.798. The minimum atomic E-state index is -3.14. The van der Waals surface area contributed by atoms with Crippen LogP contribution in [-0.4, -0.2) is 27.3 Å². The highest BCUT2D eigenvalue weighted by Crippen LogP contribution is 2.17. The van der Waals surface area contributed by atoms with E-state index in [1.165, 1.54) is 0 Å². The molecule has 0 fully saturated rings. The van der Waals surface area contributed by atoms with Crippen molar-refractivity contribution in [1.82, 2.24) is 5.32 Å². The molecule has 0 saturated heterocycles. The number of rotatable bonds is 5. The van der Waals surface area contributed by atoms with Crippen molar-refractivity contribution in [3.05, 3.63) is 29.3 Å². The fourth-order valence-corrected chi connectivity index (χ4v) is 3.10. The lowest BCUT2D eigenvalue weighted by molar-refractivity contribution is 0.591. The van der Waals surface area contributed by atoms with Crippen LogP contribution >= 0.6 is 0 Å². The Hall–Kier alpha value is -0.870. The van der Waals surface area contributed by atoms with Crippen molar-refractivity contribution in [2.24, 2.45) is 0 Å². The van der Waals surface area contributed by atoms with Crippen molar-refractivity contribution < 1.29 is 8.42 Å². The summed E-state index contributed by atoms with van der Waals surface area (Å²) in [7, 11) is -3.14. The van der Waals surface area contributed by atoms with Gasteiger partial charge in [-0.15, -0.1) is 0 Å². The summed E-state index contributed by atoms with van der Waals surface area (Å²) in [6, 6.07) is 5.44. The molecule has 0 radical (unpaired) electrons. The molecule has 1 aromatic rings. The summed E-state index contributed by atoms with van der Waals surface area (Å²) in [4.78, 5) is 0.455. The van der Waals surface area contributed by atoms with Gasteiger partial charge in [-0.1, -0.05) is 24.6 Å². The van der Waals surface area contributed by atoms with Gasteiger partial charge >= 0.3 is 0 Å². The van der Waals surface area contributed by atoms with E-state index in [0.29, 0.717) is 11.4 Å². The largest absolute Gasteiger partial charge is 0.316 e. The van der Waals surface area contributed by atoms with Crippen molar-refractivity contribution in [1.29, 1.82) is 0 Å².